The third kappa shape index (κ3) is 8.20. The molecule has 0 aliphatic carbocycles. The standard InChI is InChI=1S/C24H41N3O3S/c1-5-7-11-23(28)26-22-10-8-9-20(18-22)17-19(3)27(16-6-2)24(31(4,29)30)21-12-14-25-15-13-21/h8-10,18-19,21,24-25H,5-7,11-17H2,1-4H3,(H,26,28). The summed E-state index contributed by atoms with van der Waals surface area (Å²) < 4.78 is 25.7. The third-order valence-electron chi connectivity index (χ3n) is 6.10. The van der Waals surface area contributed by atoms with Crippen LogP contribution < -0.4 is 10.6 Å². The van der Waals surface area contributed by atoms with Gasteiger partial charge in [-0.25, -0.2) is 8.42 Å². The highest BCUT2D eigenvalue weighted by Gasteiger charge is 2.37. The lowest BCUT2D eigenvalue weighted by Gasteiger charge is -2.41. The molecular formula is C24H41N3O3S. The molecule has 0 saturated carbocycles. The average molecular weight is 452 g/mol. The molecule has 1 fully saturated rings. The van der Waals surface area contributed by atoms with Crippen LogP contribution in [0.15, 0.2) is 24.3 Å². The van der Waals surface area contributed by atoms with Gasteiger partial charge < -0.3 is 10.6 Å². The van der Waals surface area contributed by atoms with Crippen molar-refractivity contribution < 1.29 is 13.2 Å². The molecule has 2 N–H and O–H groups in total. The van der Waals surface area contributed by atoms with Crippen molar-refractivity contribution in [3.8, 4) is 0 Å². The fourth-order valence-corrected chi connectivity index (χ4v) is 6.42. The zero-order valence-corrected chi connectivity index (χ0v) is 20.5. The maximum absolute atomic E-state index is 12.9. The number of sulfone groups is 1. The number of carbonyl (C=O) groups excluding carboxylic acids is 1. The summed E-state index contributed by atoms with van der Waals surface area (Å²) in [6, 6.07) is 8.03. The monoisotopic (exact) mass is 451 g/mol. The highest BCUT2D eigenvalue weighted by molar-refractivity contribution is 7.91. The van der Waals surface area contributed by atoms with Crippen molar-refractivity contribution in [3.63, 3.8) is 0 Å². The van der Waals surface area contributed by atoms with Crippen LogP contribution >= 0.6 is 0 Å². The van der Waals surface area contributed by atoms with Gasteiger partial charge >= 0.3 is 0 Å². The number of amides is 1. The second-order valence-electron chi connectivity index (χ2n) is 8.95. The Morgan fingerprint density at radius 1 is 1.23 bits per heavy atom. The van der Waals surface area contributed by atoms with Crippen molar-refractivity contribution in [3.05, 3.63) is 29.8 Å². The van der Waals surface area contributed by atoms with Crippen molar-refractivity contribution in [1.82, 2.24) is 10.2 Å². The molecule has 2 atom stereocenters. The SMILES string of the molecule is CCCCC(=O)Nc1cccc(CC(C)N(CCC)C(C2CCNCC2)S(C)(=O)=O)c1. The maximum atomic E-state index is 12.9. The van der Waals surface area contributed by atoms with E-state index in [0.717, 1.165) is 69.4 Å². The molecule has 0 bridgehead atoms. The predicted octanol–water partition coefficient (Wildman–Crippen LogP) is 3.83. The van der Waals surface area contributed by atoms with Crippen molar-refractivity contribution >= 4 is 21.4 Å². The van der Waals surface area contributed by atoms with Gasteiger partial charge in [-0.1, -0.05) is 32.4 Å². The highest BCUT2D eigenvalue weighted by Crippen LogP contribution is 2.28. The van der Waals surface area contributed by atoms with Crippen molar-refractivity contribution in [2.45, 2.75) is 77.1 Å². The lowest BCUT2D eigenvalue weighted by Crippen LogP contribution is -2.52. The number of nitrogens with one attached hydrogen (secondary N) is 2. The Bertz CT molecular complexity index is 791. The van der Waals surface area contributed by atoms with E-state index in [1.54, 1.807) is 0 Å². The van der Waals surface area contributed by atoms with Crippen molar-refractivity contribution in [2.75, 3.05) is 31.2 Å². The van der Waals surface area contributed by atoms with E-state index in [-0.39, 0.29) is 17.9 Å². The van der Waals surface area contributed by atoms with Gasteiger partial charge in [0, 0.05) is 24.4 Å². The van der Waals surface area contributed by atoms with E-state index in [0.29, 0.717) is 6.42 Å². The first-order valence-corrected chi connectivity index (χ1v) is 13.8. The van der Waals surface area contributed by atoms with Crippen LogP contribution in [0.3, 0.4) is 0 Å². The van der Waals surface area contributed by atoms with E-state index in [1.165, 1.54) is 6.26 Å². The topological polar surface area (TPSA) is 78.5 Å². The predicted molar refractivity (Wildman–Crippen MR) is 129 cm³/mol. The molecule has 1 aromatic carbocycles. The zero-order valence-electron chi connectivity index (χ0n) is 19.7. The number of hydrogen-bond donors (Lipinski definition) is 2. The van der Waals surface area contributed by atoms with E-state index < -0.39 is 15.2 Å². The molecule has 0 spiro atoms. The van der Waals surface area contributed by atoms with E-state index in [4.69, 9.17) is 0 Å². The van der Waals surface area contributed by atoms with Crippen molar-refractivity contribution in [2.24, 2.45) is 5.92 Å². The largest absolute Gasteiger partial charge is 0.326 e. The minimum Gasteiger partial charge on any atom is -0.326 e. The van der Waals surface area contributed by atoms with Crippen molar-refractivity contribution in [1.29, 1.82) is 0 Å². The second-order valence-corrected chi connectivity index (χ2v) is 11.1. The third-order valence-corrected chi connectivity index (χ3v) is 7.63. The summed E-state index contributed by atoms with van der Waals surface area (Å²) in [5, 5.41) is 5.89. The van der Waals surface area contributed by atoms with Gasteiger partial charge in [0.1, 0.15) is 5.37 Å². The van der Waals surface area contributed by atoms with Gasteiger partial charge in [-0.2, -0.15) is 0 Å². The Kier molecular flexibility index (Phi) is 10.5. The molecule has 7 heteroatoms. The molecule has 1 amide bonds. The molecule has 2 rings (SSSR count). The van der Waals surface area contributed by atoms with Gasteiger partial charge in [-0.05, 0) is 82.3 Å². The van der Waals surface area contributed by atoms with Crippen LogP contribution in [0.25, 0.3) is 0 Å². The molecule has 2 unspecified atom stereocenters. The number of hydrogen-bond acceptors (Lipinski definition) is 5. The number of piperidine rings is 1. The van der Waals surface area contributed by atoms with Crippen LogP contribution in [0.1, 0.15) is 64.9 Å². The van der Waals surface area contributed by atoms with Gasteiger partial charge in [0.05, 0.1) is 0 Å². The van der Waals surface area contributed by atoms with E-state index in [1.807, 2.05) is 18.2 Å². The van der Waals surface area contributed by atoms with E-state index in [9.17, 15) is 13.2 Å². The molecule has 0 aromatic heterocycles. The molecule has 1 heterocycles. The Morgan fingerprint density at radius 2 is 1.94 bits per heavy atom. The number of benzene rings is 1. The smallest absolute Gasteiger partial charge is 0.224 e. The lowest BCUT2D eigenvalue weighted by molar-refractivity contribution is -0.116. The molecule has 1 aliphatic heterocycles. The Labute approximate surface area is 189 Å². The molecule has 31 heavy (non-hydrogen) atoms. The van der Waals surface area contributed by atoms with E-state index >= 15 is 0 Å². The fourth-order valence-electron chi connectivity index (χ4n) is 4.65. The molecule has 1 aliphatic rings. The molecule has 1 saturated heterocycles. The number of nitrogens with zero attached hydrogens (tertiary/aromatic N) is 1. The lowest BCUT2D eigenvalue weighted by atomic mass is 9.95. The van der Waals surface area contributed by atoms with E-state index in [2.05, 4.69) is 42.4 Å². The number of unbranched alkanes of at least 4 members (excludes halogenated alkanes) is 1. The normalized spacial score (nSPS) is 17.5. The summed E-state index contributed by atoms with van der Waals surface area (Å²) in [7, 11) is -3.22. The fraction of sp³-hybridized carbons (Fsp3) is 0.708. The Balaban J connectivity index is 2.16. The first-order chi connectivity index (χ1) is 14.8. The summed E-state index contributed by atoms with van der Waals surface area (Å²) in [6.07, 6.45) is 7.25. The Hall–Kier alpha value is -1.44. The van der Waals surface area contributed by atoms with Crippen LogP contribution in [-0.2, 0) is 21.1 Å². The number of anilines is 1. The molecule has 176 valence electrons. The van der Waals surface area contributed by atoms with Gasteiger partial charge in [0.2, 0.25) is 5.91 Å². The number of carbonyl (C=O) groups is 1. The van der Waals surface area contributed by atoms with Crippen LogP contribution in [0.5, 0.6) is 0 Å². The molecule has 1 aromatic rings. The van der Waals surface area contributed by atoms with Gasteiger partial charge in [-0.15, -0.1) is 0 Å². The number of rotatable bonds is 12. The average Bonchev–Trinajstić information content (AvgIpc) is 2.72. The second kappa shape index (κ2) is 12.6. The van der Waals surface area contributed by atoms with Crippen LogP contribution in [0.4, 0.5) is 5.69 Å². The summed E-state index contributed by atoms with van der Waals surface area (Å²) in [4.78, 5) is 14.3. The first-order valence-electron chi connectivity index (χ1n) is 11.8. The minimum atomic E-state index is -3.22. The van der Waals surface area contributed by atoms with Crippen LogP contribution in [-0.4, -0.2) is 56.5 Å². The molecule has 6 nitrogen and oxygen atoms in total. The summed E-state index contributed by atoms with van der Waals surface area (Å²) >= 11 is 0. The summed E-state index contributed by atoms with van der Waals surface area (Å²) in [5.41, 5.74) is 1.92. The molecule has 0 radical (unpaired) electrons. The van der Waals surface area contributed by atoms with Gasteiger partial charge in [0.25, 0.3) is 0 Å². The summed E-state index contributed by atoms with van der Waals surface area (Å²) in [6.45, 7) is 8.83. The maximum Gasteiger partial charge on any atom is 0.224 e. The van der Waals surface area contributed by atoms with Crippen LogP contribution in [0, 0.1) is 5.92 Å². The van der Waals surface area contributed by atoms with Gasteiger partial charge in [-0.3, -0.25) is 9.69 Å². The highest BCUT2D eigenvalue weighted by atomic mass is 32.2. The molecular weight excluding hydrogens is 410 g/mol. The van der Waals surface area contributed by atoms with Crippen LogP contribution in [0.2, 0.25) is 0 Å². The summed E-state index contributed by atoms with van der Waals surface area (Å²) in [5.74, 6) is 0.206. The first kappa shape index (κ1) is 25.8. The zero-order chi connectivity index (χ0) is 22.9. The van der Waals surface area contributed by atoms with Gasteiger partial charge in [0.15, 0.2) is 9.84 Å². The Morgan fingerprint density at radius 3 is 2.55 bits per heavy atom. The quantitative estimate of drug-likeness (QED) is 0.505. The minimum absolute atomic E-state index is 0.0442.